The van der Waals surface area contributed by atoms with E-state index in [0.717, 1.165) is 19.4 Å². The molecule has 0 saturated carbocycles. The van der Waals surface area contributed by atoms with Crippen LogP contribution in [0.1, 0.15) is 41.3 Å². The van der Waals surface area contributed by atoms with Crippen LogP contribution in [-0.2, 0) is 16.1 Å². The number of esters is 1. The van der Waals surface area contributed by atoms with Gasteiger partial charge in [-0.2, -0.15) is 0 Å². The molecule has 1 unspecified atom stereocenters. The molecule has 2 heterocycles. The molecule has 34 heavy (non-hydrogen) atoms. The molecule has 1 N–H and O–H groups in total. The predicted molar refractivity (Wildman–Crippen MR) is 125 cm³/mol. The second-order valence-electron chi connectivity index (χ2n) is 8.32. The van der Waals surface area contributed by atoms with Crippen molar-refractivity contribution in [3.05, 3.63) is 52.8 Å². The molecule has 0 aliphatic carbocycles. The highest BCUT2D eigenvalue weighted by molar-refractivity contribution is 6.15. The Hall–Kier alpha value is -3.52. The topological polar surface area (TPSA) is 94.5 Å². The highest BCUT2D eigenvalue weighted by atomic mass is 16.5. The highest BCUT2D eigenvalue weighted by Gasteiger charge is 2.33. The third kappa shape index (κ3) is 4.72. The Morgan fingerprint density at radius 3 is 2.74 bits per heavy atom. The van der Waals surface area contributed by atoms with Crippen molar-refractivity contribution in [1.29, 1.82) is 0 Å². The second kappa shape index (κ2) is 10.2. The number of carbonyl (C=O) groups excluding carboxylic acids is 2. The van der Waals surface area contributed by atoms with Crippen molar-refractivity contribution < 1.29 is 33.6 Å². The number of likely N-dealkylation sites (tertiary alicyclic amines) is 1. The number of benzene rings is 2. The van der Waals surface area contributed by atoms with Crippen LogP contribution in [0.3, 0.4) is 0 Å². The van der Waals surface area contributed by atoms with Crippen LogP contribution in [0, 0.1) is 5.92 Å². The molecular weight excluding hydrogens is 438 g/mol. The summed E-state index contributed by atoms with van der Waals surface area (Å²) in [5.74, 6) is 1.05. The van der Waals surface area contributed by atoms with Crippen molar-refractivity contribution in [2.45, 2.75) is 26.3 Å². The molecule has 0 amide bonds. The van der Waals surface area contributed by atoms with Crippen LogP contribution in [0.4, 0.5) is 0 Å². The first-order chi connectivity index (χ1) is 16.4. The Bertz CT molecular complexity index is 1120. The van der Waals surface area contributed by atoms with Gasteiger partial charge in [0.2, 0.25) is 5.78 Å². The second-order valence-corrected chi connectivity index (χ2v) is 8.32. The average Bonchev–Trinajstić information content (AvgIpc) is 3.16. The van der Waals surface area contributed by atoms with E-state index in [1.807, 2.05) is 0 Å². The van der Waals surface area contributed by atoms with Crippen LogP contribution in [-0.4, -0.2) is 55.7 Å². The average molecular weight is 468 g/mol. The molecule has 1 atom stereocenters. The van der Waals surface area contributed by atoms with Crippen LogP contribution in [0.15, 0.2) is 36.1 Å². The van der Waals surface area contributed by atoms with E-state index in [1.54, 1.807) is 51.5 Å². The van der Waals surface area contributed by atoms with Gasteiger partial charge in [0.05, 0.1) is 37.9 Å². The summed E-state index contributed by atoms with van der Waals surface area (Å²) < 4.78 is 21.8. The maximum absolute atomic E-state index is 13.0. The van der Waals surface area contributed by atoms with Gasteiger partial charge in [-0.15, -0.1) is 0 Å². The summed E-state index contributed by atoms with van der Waals surface area (Å²) in [5, 5.41) is 10.6. The number of Topliss-reactive ketones (excluding diaryl/α,β-unsaturated/α-hetero) is 1. The number of phenolic OH excluding ortho intramolecular Hbond substituents is 1. The standard InChI is InChI=1S/C26H29NO7/c1-4-33-26(30)17-6-5-11-27(14-17)15-19-20(28)9-8-18-24(29)23(34-25(18)19)13-16-7-10-21(31-2)22(12-16)32-3/h7-10,12-13,17,28H,4-6,11,14-15H2,1-3H3/b23-13-. The van der Waals surface area contributed by atoms with Gasteiger partial charge in [-0.05, 0) is 62.2 Å². The summed E-state index contributed by atoms with van der Waals surface area (Å²) >= 11 is 0. The van der Waals surface area contributed by atoms with Crippen LogP contribution in [0.2, 0.25) is 0 Å². The van der Waals surface area contributed by atoms with E-state index >= 15 is 0 Å². The molecule has 2 aromatic carbocycles. The van der Waals surface area contributed by atoms with Crippen molar-refractivity contribution in [2.24, 2.45) is 5.92 Å². The number of hydrogen-bond donors (Lipinski definition) is 1. The minimum Gasteiger partial charge on any atom is -0.507 e. The van der Waals surface area contributed by atoms with Crippen molar-refractivity contribution >= 4 is 17.8 Å². The lowest BCUT2D eigenvalue weighted by atomic mass is 9.97. The molecule has 8 heteroatoms. The maximum atomic E-state index is 13.0. The lowest BCUT2D eigenvalue weighted by molar-refractivity contribution is -0.150. The van der Waals surface area contributed by atoms with Gasteiger partial charge >= 0.3 is 5.97 Å². The van der Waals surface area contributed by atoms with E-state index in [9.17, 15) is 14.7 Å². The third-order valence-electron chi connectivity index (χ3n) is 6.13. The largest absolute Gasteiger partial charge is 0.507 e. The van der Waals surface area contributed by atoms with Crippen molar-refractivity contribution in [2.75, 3.05) is 33.9 Å². The van der Waals surface area contributed by atoms with Gasteiger partial charge in [0.1, 0.15) is 11.5 Å². The first-order valence-corrected chi connectivity index (χ1v) is 11.3. The first kappa shape index (κ1) is 23.6. The number of phenols is 1. The van der Waals surface area contributed by atoms with Crippen molar-refractivity contribution in [3.8, 4) is 23.0 Å². The molecule has 1 saturated heterocycles. The Morgan fingerprint density at radius 2 is 2.00 bits per heavy atom. The number of piperidine rings is 1. The highest BCUT2D eigenvalue weighted by Crippen LogP contribution is 2.41. The normalized spacial score (nSPS) is 19.0. The lowest BCUT2D eigenvalue weighted by Crippen LogP contribution is -2.39. The number of fused-ring (bicyclic) bond motifs is 1. The molecule has 1 fully saturated rings. The monoisotopic (exact) mass is 467 g/mol. The van der Waals surface area contributed by atoms with Crippen LogP contribution >= 0.6 is 0 Å². The summed E-state index contributed by atoms with van der Waals surface area (Å²) in [4.78, 5) is 27.3. The molecule has 2 aliphatic rings. The minimum absolute atomic E-state index is 0.0529. The molecular formula is C26H29NO7. The molecule has 0 bridgehead atoms. The maximum Gasteiger partial charge on any atom is 0.310 e. The minimum atomic E-state index is -0.255. The number of ether oxygens (including phenoxy) is 4. The van der Waals surface area contributed by atoms with Gasteiger partial charge in [0.15, 0.2) is 17.3 Å². The number of methoxy groups -OCH3 is 2. The van der Waals surface area contributed by atoms with Crippen molar-refractivity contribution in [3.63, 3.8) is 0 Å². The fraction of sp³-hybridized carbons (Fsp3) is 0.385. The number of ketones is 1. The van der Waals surface area contributed by atoms with E-state index in [4.69, 9.17) is 18.9 Å². The van der Waals surface area contributed by atoms with Gasteiger partial charge in [-0.1, -0.05) is 6.07 Å². The number of rotatable bonds is 7. The molecule has 0 spiro atoms. The van der Waals surface area contributed by atoms with Gasteiger partial charge in [-0.25, -0.2) is 0 Å². The predicted octanol–water partition coefficient (Wildman–Crippen LogP) is 3.80. The Labute approximate surface area is 198 Å². The summed E-state index contributed by atoms with van der Waals surface area (Å²) in [6.45, 7) is 3.83. The molecule has 2 aliphatic heterocycles. The van der Waals surface area contributed by atoms with E-state index < -0.39 is 0 Å². The fourth-order valence-electron chi connectivity index (χ4n) is 4.42. The van der Waals surface area contributed by atoms with E-state index in [-0.39, 0.29) is 29.2 Å². The molecule has 0 aromatic heterocycles. The summed E-state index contributed by atoms with van der Waals surface area (Å²) in [7, 11) is 3.10. The van der Waals surface area contributed by atoms with Crippen LogP contribution < -0.4 is 14.2 Å². The summed E-state index contributed by atoms with van der Waals surface area (Å²) in [6.07, 6.45) is 3.27. The molecule has 8 nitrogen and oxygen atoms in total. The van der Waals surface area contributed by atoms with Gasteiger partial charge in [0, 0.05) is 13.1 Å². The smallest absolute Gasteiger partial charge is 0.310 e. The quantitative estimate of drug-likeness (QED) is 0.485. The summed E-state index contributed by atoms with van der Waals surface area (Å²) in [6, 6.07) is 8.40. The summed E-state index contributed by atoms with van der Waals surface area (Å²) in [5.41, 5.74) is 1.65. The Morgan fingerprint density at radius 1 is 1.21 bits per heavy atom. The van der Waals surface area contributed by atoms with E-state index in [1.165, 1.54) is 6.07 Å². The Kier molecular flexibility index (Phi) is 7.07. The number of allylic oxidation sites excluding steroid dienone is 1. The molecule has 4 rings (SSSR count). The number of carbonyl (C=O) groups is 2. The van der Waals surface area contributed by atoms with Crippen LogP contribution in [0.5, 0.6) is 23.0 Å². The Balaban J connectivity index is 1.57. The van der Waals surface area contributed by atoms with E-state index in [0.29, 0.717) is 53.6 Å². The van der Waals surface area contributed by atoms with Crippen LogP contribution in [0.25, 0.3) is 6.08 Å². The molecule has 0 radical (unpaired) electrons. The van der Waals surface area contributed by atoms with Gasteiger partial charge < -0.3 is 24.1 Å². The number of hydrogen-bond acceptors (Lipinski definition) is 8. The third-order valence-corrected chi connectivity index (χ3v) is 6.13. The lowest BCUT2D eigenvalue weighted by Gasteiger charge is -2.31. The van der Waals surface area contributed by atoms with Gasteiger partial charge in [-0.3, -0.25) is 14.5 Å². The number of aromatic hydroxyl groups is 1. The zero-order valence-corrected chi connectivity index (χ0v) is 19.6. The first-order valence-electron chi connectivity index (χ1n) is 11.3. The number of nitrogens with zero attached hydrogens (tertiary/aromatic N) is 1. The molecule has 2 aromatic rings. The van der Waals surface area contributed by atoms with Crippen molar-refractivity contribution in [1.82, 2.24) is 4.90 Å². The zero-order chi connectivity index (χ0) is 24.2. The fourth-order valence-corrected chi connectivity index (χ4v) is 4.42. The van der Waals surface area contributed by atoms with E-state index in [2.05, 4.69) is 4.90 Å². The zero-order valence-electron chi connectivity index (χ0n) is 19.6. The SMILES string of the molecule is CCOC(=O)C1CCCN(Cc2c(O)ccc3c2O/C(=C\c2ccc(OC)c(OC)c2)C3=O)C1. The molecule has 180 valence electrons. The van der Waals surface area contributed by atoms with Gasteiger partial charge in [0.25, 0.3) is 0 Å².